The molecule has 1 fully saturated rings. The van der Waals surface area contributed by atoms with Gasteiger partial charge in [-0.25, -0.2) is 4.79 Å². The third-order valence-corrected chi connectivity index (χ3v) is 3.18. The summed E-state index contributed by atoms with van der Waals surface area (Å²) in [7, 11) is 1.36. The molecule has 0 aromatic heterocycles. The van der Waals surface area contributed by atoms with Crippen LogP contribution in [0.25, 0.3) is 0 Å². The summed E-state index contributed by atoms with van der Waals surface area (Å²) >= 11 is 0. The Balaban J connectivity index is 2.15. The number of benzene rings is 1. The summed E-state index contributed by atoms with van der Waals surface area (Å²) in [5.41, 5.74) is 7.52. The lowest BCUT2D eigenvalue weighted by Crippen LogP contribution is -2.17. The van der Waals surface area contributed by atoms with E-state index in [1.54, 1.807) is 12.1 Å². The van der Waals surface area contributed by atoms with Crippen LogP contribution >= 0.6 is 0 Å². The van der Waals surface area contributed by atoms with E-state index in [0.717, 1.165) is 11.6 Å². The van der Waals surface area contributed by atoms with Gasteiger partial charge in [-0.2, -0.15) is 0 Å². The lowest BCUT2D eigenvalue weighted by atomic mass is 10.1. The molecular formula is C13H18N2O2. The number of nitrogens with two attached hydrogens (primary N) is 1. The second-order valence-corrected chi connectivity index (χ2v) is 4.56. The number of ether oxygens (including phenoxy) is 1. The summed E-state index contributed by atoms with van der Waals surface area (Å²) in [6, 6.07) is 5.80. The van der Waals surface area contributed by atoms with Crippen LogP contribution in [-0.2, 0) is 4.74 Å². The molecule has 3 N–H and O–H groups in total. The Morgan fingerprint density at radius 2 is 2.24 bits per heavy atom. The van der Waals surface area contributed by atoms with Gasteiger partial charge in [0.15, 0.2) is 0 Å². The van der Waals surface area contributed by atoms with E-state index >= 15 is 0 Å². The van der Waals surface area contributed by atoms with Gasteiger partial charge in [-0.05, 0) is 43.9 Å². The quantitative estimate of drug-likeness (QED) is 0.619. The fourth-order valence-electron chi connectivity index (χ4n) is 1.91. The first-order valence-electron chi connectivity index (χ1n) is 5.86. The van der Waals surface area contributed by atoms with Gasteiger partial charge in [0.2, 0.25) is 0 Å². The van der Waals surface area contributed by atoms with Crippen LogP contribution in [0.3, 0.4) is 0 Å². The number of nitrogen functional groups attached to an aromatic ring is 1. The highest BCUT2D eigenvalue weighted by Gasteiger charge is 2.27. The molecule has 1 saturated carbocycles. The van der Waals surface area contributed by atoms with E-state index in [-0.39, 0.29) is 0 Å². The van der Waals surface area contributed by atoms with Crippen LogP contribution in [0, 0.1) is 5.92 Å². The average Bonchev–Trinajstić information content (AvgIpc) is 3.14. The van der Waals surface area contributed by atoms with Crippen molar-refractivity contribution in [2.45, 2.75) is 25.8 Å². The van der Waals surface area contributed by atoms with Gasteiger partial charge in [0.1, 0.15) is 0 Å². The third kappa shape index (κ3) is 2.70. The normalized spacial score (nSPS) is 16.4. The summed E-state index contributed by atoms with van der Waals surface area (Å²) in [5.74, 6) is 0.361. The smallest absolute Gasteiger partial charge is 0.340 e. The molecule has 1 unspecified atom stereocenters. The number of rotatable bonds is 4. The molecule has 0 radical (unpaired) electrons. The second-order valence-electron chi connectivity index (χ2n) is 4.56. The van der Waals surface area contributed by atoms with E-state index in [9.17, 15) is 4.79 Å². The van der Waals surface area contributed by atoms with Crippen molar-refractivity contribution in [2.75, 3.05) is 18.2 Å². The van der Waals surface area contributed by atoms with E-state index in [4.69, 9.17) is 10.5 Å². The number of anilines is 2. The lowest BCUT2D eigenvalue weighted by molar-refractivity contribution is 0.0602. The fourth-order valence-corrected chi connectivity index (χ4v) is 1.91. The van der Waals surface area contributed by atoms with Crippen LogP contribution in [0.15, 0.2) is 18.2 Å². The standard InChI is InChI=1S/C13H18N2O2/c1-8(9-3-4-9)15-10-5-6-12(14)11(7-10)13(16)17-2/h5-9,15H,3-4,14H2,1-2H3. The number of carbonyl (C=O) groups is 1. The molecule has 1 aromatic rings. The predicted molar refractivity (Wildman–Crippen MR) is 68.0 cm³/mol. The largest absolute Gasteiger partial charge is 0.465 e. The zero-order valence-electron chi connectivity index (χ0n) is 10.2. The molecule has 92 valence electrons. The molecule has 0 heterocycles. The minimum absolute atomic E-state index is 0.398. The van der Waals surface area contributed by atoms with Crippen LogP contribution in [0.5, 0.6) is 0 Å². The molecule has 1 aliphatic rings. The number of hydrogen-bond donors (Lipinski definition) is 2. The van der Waals surface area contributed by atoms with Gasteiger partial charge < -0.3 is 15.8 Å². The molecule has 0 saturated heterocycles. The first-order valence-corrected chi connectivity index (χ1v) is 5.86. The van der Waals surface area contributed by atoms with E-state index in [1.165, 1.54) is 20.0 Å². The highest BCUT2D eigenvalue weighted by molar-refractivity contribution is 5.96. The van der Waals surface area contributed by atoms with Crippen LogP contribution < -0.4 is 11.1 Å². The van der Waals surface area contributed by atoms with Crippen molar-refractivity contribution in [2.24, 2.45) is 5.92 Å². The van der Waals surface area contributed by atoms with Crippen molar-refractivity contribution in [1.29, 1.82) is 0 Å². The van der Waals surface area contributed by atoms with Gasteiger partial charge >= 0.3 is 5.97 Å². The van der Waals surface area contributed by atoms with Crippen LogP contribution in [0.2, 0.25) is 0 Å². The number of carbonyl (C=O) groups excluding carboxylic acids is 1. The molecule has 4 nitrogen and oxygen atoms in total. The minimum atomic E-state index is -0.398. The van der Waals surface area contributed by atoms with Gasteiger partial charge in [0.25, 0.3) is 0 Å². The molecule has 0 bridgehead atoms. The number of hydrogen-bond acceptors (Lipinski definition) is 4. The first kappa shape index (κ1) is 11.8. The van der Waals surface area contributed by atoms with Gasteiger partial charge in [-0.3, -0.25) is 0 Å². The van der Waals surface area contributed by atoms with Gasteiger partial charge in [0.05, 0.1) is 12.7 Å². The predicted octanol–water partition coefficient (Wildman–Crippen LogP) is 2.27. The molecule has 1 aliphatic carbocycles. The second kappa shape index (κ2) is 4.65. The SMILES string of the molecule is COC(=O)c1cc(NC(C)C2CC2)ccc1N. The fraction of sp³-hybridized carbons (Fsp3) is 0.462. The summed E-state index contributed by atoms with van der Waals surface area (Å²) in [4.78, 5) is 11.5. The topological polar surface area (TPSA) is 64.3 Å². The van der Waals surface area contributed by atoms with Crippen LogP contribution in [-0.4, -0.2) is 19.1 Å². The Labute approximate surface area is 101 Å². The molecule has 2 rings (SSSR count). The lowest BCUT2D eigenvalue weighted by Gasteiger charge is -2.15. The summed E-state index contributed by atoms with van der Waals surface area (Å²) in [6.45, 7) is 2.16. The molecule has 0 spiro atoms. The Morgan fingerprint density at radius 1 is 1.53 bits per heavy atom. The Bertz CT molecular complexity index is 427. The van der Waals surface area contributed by atoms with E-state index < -0.39 is 5.97 Å². The van der Waals surface area contributed by atoms with Crippen molar-refractivity contribution in [3.63, 3.8) is 0 Å². The zero-order chi connectivity index (χ0) is 12.4. The number of nitrogens with one attached hydrogen (secondary N) is 1. The number of methoxy groups -OCH3 is 1. The van der Waals surface area contributed by atoms with Crippen molar-refractivity contribution in [3.05, 3.63) is 23.8 Å². The molecule has 1 aromatic carbocycles. The highest BCUT2D eigenvalue weighted by atomic mass is 16.5. The van der Waals surface area contributed by atoms with E-state index in [2.05, 4.69) is 12.2 Å². The maximum atomic E-state index is 11.5. The van der Waals surface area contributed by atoms with E-state index in [0.29, 0.717) is 17.3 Å². The minimum Gasteiger partial charge on any atom is -0.465 e. The van der Waals surface area contributed by atoms with Gasteiger partial charge in [-0.1, -0.05) is 0 Å². The van der Waals surface area contributed by atoms with Gasteiger partial charge in [-0.15, -0.1) is 0 Å². The molecule has 1 atom stereocenters. The van der Waals surface area contributed by atoms with Gasteiger partial charge in [0, 0.05) is 17.4 Å². The van der Waals surface area contributed by atoms with Crippen molar-refractivity contribution < 1.29 is 9.53 Å². The van der Waals surface area contributed by atoms with Crippen molar-refractivity contribution >= 4 is 17.3 Å². The highest BCUT2D eigenvalue weighted by Crippen LogP contribution is 2.34. The Hall–Kier alpha value is -1.71. The molecule has 4 heteroatoms. The average molecular weight is 234 g/mol. The monoisotopic (exact) mass is 234 g/mol. The summed E-state index contributed by atoms with van der Waals surface area (Å²) in [6.07, 6.45) is 2.57. The first-order chi connectivity index (χ1) is 8.11. The number of esters is 1. The Morgan fingerprint density at radius 3 is 2.82 bits per heavy atom. The van der Waals surface area contributed by atoms with Crippen LogP contribution in [0.1, 0.15) is 30.1 Å². The molecular weight excluding hydrogens is 216 g/mol. The van der Waals surface area contributed by atoms with Crippen molar-refractivity contribution in [1.82, 2.24) is 0 Å². The Kier molecular flexibility index (Phi) is 3.22. The zero-order valence-corrected chi connectivity index (χ0v) is 10.2. The third-order valence-electron chi connectivity index (χ3n) is 3.18. The summed E-state index contributed by atoms with van der Waals surface area (Å²) < 4.78 is 4.69. The molecule has 17 heavy (non-hydrogen) atoms. The molecule has 0 aliphatic heterocycles. The van der Waals surface area contributed by atoms with Crippen molar-refractivity contribution in [3.8, 4) is 0 Å². The van der Waals surface area contributed by atoms with Crippen LogP contribution in [0.4, 0.5) is 11.4 Å². The summed E-state index contributed by atoms with van der Waals surface area (Å²) in [5, 5.41) is 3.39. The maximum absolute atomic E-state index is 11.5. The maximum Gasteiger partial charge on any atom is 0.340 e. The van der Waals surface area contributed by atoms with E-state index in [1.807, 2.05) is 6.07 Å². The molecule has 0 amide bonds.